The summed E-state index contributed by atoms with van der Waals surface area (Å²) in [5.74, 6) is 0.480. The van der Waals surface area contributed by atoms with E-state index < -0.39 is 0 Å². The summed E-state index contributed by atoms with van der Waals surface area (Å²) < 4.78 is 5.80. The highest BCUT2D eigenvalue weighted by atomic mass is 32.2. The molecular weight excluding hydrogens is 396 g/mol. The van der Waals surface area contributed by atoms with Crippen LogP contribution >= 0.6 is 11.8 Å². The molecule has 1 atom stereocenters. The van der Waals surface area contributed by atoms with E-state index in [4.69, 9.17) is 4.42 Å². The van der Waals surface area contributed by atoms with Gasteiger partial charge in [-0.25, -0.2) is 0 Å². The van der Waals surface area contributed by atoms with Gasteiger partial charge in [0.1, 0.15) is 0 Å². The van der Waals surface area contributed by atoms with Gasteiger partial charge in [0.2, 0.25) is 11.8 Å². The zero-order chi connectivity index (χ0) is 21.5. The molecule has 6 nitrogen and oxygen atoms in total. The second kappa shape index (κ2) is 10.3. The van der Waals surface area contributed by atoms with Crippen LogP contribution in [0.25, 0.3) is 11.5 Å². The second-order valence-electron chi connectivity index (χ2n) is 7.03. The minimum absolute atomic E-state index is 0.0205. The molecule has 0 aliphatic carbocycles. The normalized spacial score (nSPS) is 11.9. The molecule has 7 heteroatoms. The van der Waals surface area contributed by atoms with Crippen LogP contribution in [0.5, 0.6) is 0 Å². The van der Waals surface area contributed by atoms with E-state index >= 15 is 0 Å². The van der Waals surface area contributed by atoms with Gasteiger partial charge in [0.05, 0.1) is 5.25 Å². The molecule has 0 saturated heterocycles. The molecule has 3 aromatic rings. The van der Waals surface area contributed by atoms with E-state index in [9.17, 15) is 4.79 Å². The van der Waals surface area contributed by atoms with Crippen molar-refractivity contribution in [1.29, 1.82) is 0 Å². The molecule has 1 amide bonds. The number of rotatable bonds is 9. The standard InChI is InChI=1S/C23H28N4O2S/c1-5-27(6-2)20-14-12-19(13-15-20)21-24-25-23(29-21)30-17(3)22(28)26(4)16-18-10-8-7-9-11-18/h7-15,17H,5-6,16H2,1-4H3. The quantitative estimate of drug-likeness (QED) is 0.463. The third-order valence-electron chi connectivity index (χ3n) is 4.91. The molecule has 1 heterocycles. The van der Waals surface area contributed by atoms with E-state index in [-0.39, 0.29) is 11.2 Å². The smallest absolute Gasteiger partial charge is 0.277 e. The van der Waals surface area contributed by atoms with Crippen LogP contribution in [0.2, 0.25) is 0 Å². The summed E-state index contributed by atoms with van der Waals surface area (Å²) in [5.41, 5.74) is 3.13. The summed E-state index contributed by atoms with van der Waals surface area (Å²) in [4.78, 5) is 16.7. The average Bonchev–Trinajstić information content (AvgIpc) is 3.23. The van der Waals surface area contributed by atoms with Gasteiger partial charge in [-0.1, -0.05) is 42.1 Å². The summed E-state index contributed by atoms with van der Waals surface area (Å²) in [6.07, 6.45) is 0. The monoisotopic (exact) mass is 424 g/mol. The SMILES string of the molecule is CCN(CC)c1ccc(-c2nnc(SC(C)C(=O)N(C)Cc3ccccc3)o2)cc1. The lowest BCUT2D eigenvalue weighted by molar-refractivity contribution is -0.129. The highest BCUT2D eigenvalue weighted by molar-refractivity contribution is 8.00. The van der Waals surface area contributed by atoms with Gasteiger partial charge in [-0.2, -0.15) is 0 Å². The molecule has 3 rings (SSSR count). The van der Waals surface area contributed by atoms with Crippen LogP contribution in [0.4, 0.5) is 5.69 Å². The Balaban J connectivity index is 1.61. The third kappa shape index (κ3) is 5.42. The molecule has 1 unspecified atom stereocenters. The number of nitrogens with zero attached hydrogens (tertiary/aromatic N) is 4. The first kappa shape index (κ1) is 21.9. The molecule has 0 aliphatic rings. The van der Waals surface area contributed by atoms with Gasteiger partial charge in [-0.3, -0.25) is 4.79 Å². The van der Waals surface area contributed by atoms with Crippen LogP contribution in [0, 0.1) is 0 Å². The molecule has 2 aromatic carbocycles. The van der Waals surface area contributed by atoms with E-state index in [1.165, 1.54) is 17.4 Å². The highest BCUT2D eigenvalue weighted by Gasteiger charge is 2.22. The van der Waals surface area contributed by atoms with Crippen LogP contribution in [-0.2, 0) is 11.3 Å². The Bertz CT molecular complexity index is 939. The Morgan fingerprint density at radius 3 is 2.33 bits per heavy atom. The van der Waals surface area contributed by atoms with Crippen molar-refractivity contribution >= 4 is 23.4 Å². The molecule has 0 bridgehead atoms. The molecule has 0 N–H and O–H groups in total. The van der Waals surface area contributed by atoms with Crippen molar-refractivity contribution in [2.45, 2.75) is 37.8 Å². The number of amides is 1. The summed E-state index contributed by atoms with van der Waals surface area (Å²) in [7, 11) is 1.81. The fourth-order valence-electron chi connectivity index (χ4n) is 3.22. The molecule has 0 saturated carbocycles. The summed E-state index contributed by atoms with van der Waals surface area (Å²) >= 11 is 1.28. The predicted molar refractivity (Wildman–Crippen MR) is 122 cm³/mol. The zero-order valence-corrected chi connectivity index (χ0v) is 18.7. The second-order valence-corrected chi connectivity index (χ2v) is 8.32. The van der Waals surface area contributed by atoms with Crippen molar-refractivity contribution in [2.75, 3.05) is 25.0 Å². The Kier molecular flexibility index (Phi) is 7.52. The molecule has 0 spiro atoms. The first-order valence-corrected chi connectivity index (χ1v) is 11.0. The maximum absolute atomic E-state index is 12.7. The van der Waals surface area contributed by atoms with Gasteiger partial charge in [-0.15, -0.1) is 10.2 Å². The molecule has 0 fully saturated rings. The topological polar surface area (TPSA) is 62.5 Å². The summed E-state index contributed by atoms with van der Waals surface area (Å²) in [6.45, 7) is 8.62. The van der Waals surface area contributed by atoms with Gasteiger partial charge < -0.3 is 14.2 Å². The lowest BCUT2D eigenvalue weighted by Gasteiger charge is -2.20. The highest BCUT2D eigenvalue weighted by Crippen LogP contribution is 2.28. The fourth-order valence-corrected chi connectivity index (χ4v) is 4.02. The Hall–Kier alpha value is -2.80. The van der Waals surface area contributed by atoms with E-state index in [0.717, 1.165) is 24.2 Å². The predicted octanol–water partition coefficient (Wildman–Crippen LogP) is 4.72. The molecule has 30 heavy (non-hydrogen) atoms. The maximum atomic E-state index is 12.7. The van der Waals surface area contributed by atoms with Crippen LogP contribution in [-0.4, -0.2) is 46.4 Å². The number of anilines is 1. The van der Waals surface area contributed by atoms with Crippen molar-refractivity contribution in [3.8, 4) is 11.5 Å². The molecule has 0 aliphatic heterocycles. The number of thioether (sulfide) groups is 1. The van der Waals surface area contributed by atoms with Gasteiger partial charge in [0, 0.05) is 37.9 Å². The van der Waals surface area contributed by atoms with Gasteiger partial charge in [-0.05, 0) is 50.6 Å². The van der Waals surface area contributed by atoms with E-state index in [1.54, 1.807) is 4.90 Å². The first-order chi connectivity index (χ1) is 14.5. The summed E-state index contributed by atoms with van der Waals surface area (Å²) in [5, 5.41) is 8.34. The lowest BCUT2D eigenvalue weighted by Crippen LogP contribution is -2.32. The van der Waals surface area contributed by atoms with E-state index in [0.29, 0.717) is 17.7 Å². The van der Waals surface area contributed by atoms with Crippen molar-refractivity contribution in [3.05, 3.63) is 60.2 Å². The first-order valence-electron chi connectivity index (χ1n) is 10.2. The van der Waals surface area contributed by atoms with Gasteiger partial charge >= 0.3 is 0 Å². The minimum Gasteiger partial charge on any atom is -0.411 e. The van der Waals surface area contributed by atoms with Crippen molar-refractivity contribution < 1.29 is 9.21 Å². The number of benzene rings is 2. The summed E-state index contributed by atoms with van der Waals surface area (Å²) in [6, 6.07) is 18.0. The zero-order valence-electron chi connectivity index (χ0n) is 17.9. The van der Waals surface area contributed by atoms with Crippen LogP contribution < -0.4 is 4.90 Å². The molecule has 0 radical (unpaired) electrons. The maximum Gasteiger partial charge on any atom is 0.277 e. The van der Waals surface area contributed by atoms with Crippen molar-refractivity contribution in [3.63, 3.8) is 0 Å². The van der Waals surface area contributed by atoms with Crippen LogP contribution in [0.3, 0.4) is 0 Å². The minimum atomic E-state index is -0.322. The number of carbonyl (C=O) groups is 1. The number of hydrogen-bond donors (Lipinski definition) is 0. The van der Waals surface area contributed by atoms with Crippen LogP contribution in [0.1, 0.15) is 26.3 Å². The Morgan fingerprint density at radius 1 is 1.03 bits per heavy atom. The molecular formula is C23H28N4O2S. The van der Waals surface area contributed by atoms with E-state index in [2.05, 4.69) is 41.1 Å². The lowest BCUT2D eigenvalue weighted by atomic mass is 10.2. The van der Waals surface area contributed by atoms with Gasteiger partial charge in [0.25, 0.3) is 5.22 Å². The fraction of sp³-hybridized carbons (Fsp3) is 0.348. The average molecular weight is 425 g/mol. The van der Waals surface area contributed by atoms with E-state index in [1.807, 2.05) is 56.4 Å². The molecule has 158 valence electrons. The Labute approximate surface area is 182 Å². The molecule has 1 aromatic heterocycles. The van der Waals surface area contributed by atoms with Crippen molar-refractivity contribution in [2.24, 2.45) is 0 Å². The largest absolute Gasteiger partial charge is 0.411 e. The number of hydrogen-bond acceptors (Lipinski definition) is 6. The third-order valence-corrected chi connectivity index (χ3v) is 5.84. The Morgan fingerprint density at radius 2 is 1.70 bits per heavy atom. The van der Waals surface area contributed by atoms with Crippen LogP contribution in [0.15, 0.2) is 64.2 Å². The number of carbonyl (C=O) groups excluding carboxylic acids is 1. The van der Waals surface area contributed by atoms with Gasteiger partial charge in [0.15, 0.2) is 0 Å². The number of aromatic nitrogens is 2. The van der Waals surface area contributed by atoms with Crippen molar-refractivity contribution in [1.82, 2.24) is 15.1 Å².